The number of benzene rings is 1. The second-order valence-corrected chi connectivity index (χ2v) is 8.98. The van der Waals surface area contributed by atoms with Crippen molar-refractivity contribution in [3.8, 4) is 0 Å². The van der Waals surface area contributed by atoms with Gasteiger partial charge in [-0.15, -0.1) is 0 Å². The largest absolute Gasteiger partial charge is 0.465 e. The Bertz CT molecular complexity index is 549. The zero-order valence-corrected chi connectivity index (χ0v) is 16.4. The Hall–Kier alpha value is -1.84. The van der Waals surface area contributed by atoms with Crippen molar-refractivity contribution in [1.82, 2.24) is 0 Å². The first kappa shape index (κ1) is 21.2. The molecule has 0 aromatic heterocycles. The van der Waals surface area contributed by atoms with Gasteiger partial charge < -0.3 is 9.47 Å². The highest BCUT2D eigenvalue weighted by Crippen LogP contribution is 2.20. The Morgan fingerprint density at radius 1 is 0.880 bits per heavy atom. The first-order valence-corrected chi connectivity index (χ1v) is 8.82. The summed E-state index contributed by atoms with van der Waals surface area (Å²) in [5.74, 6) is -1.23. The van der Waals surface area contributed by atoms with E-state index in [1.807, 2.05) is 71.9 Å². The number of hydrogen-bond acceptors (Lipinski definition) is 4. The Balaban J connectivity index is 2.73. The van der Waals surface area contributed by atoms with Crippen molar-refractivity contribution in [2.75, 3.05) is 13.2 Å². The second kappa shape index (κ2) is 9.02. The molecular weight excluding hydrogens is 316 g/mol. The number of carbonyl (C=O) groups excluding carboxylic acids is 2. The maximum Gasteiger partial charge on any atom is 0.309 e. The SMILES string of the molecule is CC(C)(C)COC(=O)CC(Cc1ccccc1)C(=O)OCC(C)(C)C. The van der Waals surface area contributed by atoms with Crippen LogP contribution in [0, 0.1) is 16.7 Å². The van der Waals surface area contributed by atoms with Crippen molar-refractivity contribution in [2.45, 2.75) is 54.4 Å². The van der Waals surface area contributed by atoms with Gasteiger partial charge in [-0.25, -0.2) is 0 Å². The van der Waals surface area contributed by atoms with Crippen LogP contribution in [0.1, 0.15) is 53.5 Å². The molecule has 0 saturated carbocycles. The third kappa shape index (κ3) is 9.90. The molecule has 1 aromatic rings. The summed E-state index contributed by atoms with van der Waals surface area (Å²) >= 11 is 0. The van der Waals surface area contributed by atoms with Crippen LogP contribution in [0.15, 0.2) is 30.3 Å². The molecule has 0 N–H and O–H groups in total. The fourth-order valence-corrected chi connectivity index (χ4v) is 2.10. The van der Waals surface area contributed by atoms with E-state index in [1.165, 1.54) is 0 Å². The first-order valence-electron chi connectivity index (χ1n) is 8.82. The zero-order chi connectivity index (χ0) is 19.1. The molecule has 0 saturated heterocycles. The summed E-state index contributed by atoms with van der Waals surface area (Å²) in [5.41, 5.74) is 0.792. The van der Waals surface area contributed by atoms with E-state index < -0.39 is 5.92 Å². The molecule has 140 valence electrons. The predicted octanol–water partition coefficient (Wildman–Crippen LogP) is 4.41. The second-order valence-electron chi connectivity index (χ2n) is 8.98. The summed E-state index contributed by atoms with van der Waals surface area (Å²) in [7, 11) is 0. The van der Waals surface area contributed by atoms with Gasteiger partial charge in [-0.1, -0.05) is 71.9 Å². The molecule has 1 unspecified atom stereocenters. The molecule has 0 amide bonds. The quantitative estimate of drug-likeness (QED) is 0.685. The predicted molar refractivity (Wildman–Crippen MR) is 99.1 cm³/mol. The Morgan fingerprint density at radius 2 is 1.40 bits per heavy atom. The molecule has 0 heterocycles. The monoisotopic (exact) mass is 348 g/mol. The zero-order valence-electron chi connectivity index (χ0n) is 16.4. The third-order valence-electron chi connectivity index (χ3n) is 3.38. The summed E-state index contributed by atoms with van der Waals surface area (Å²) in [6, 6.07) is 9.67. The lowest BCUT2D eigenvalue weighted by Crippen LogP contribution is -2.28. The summed E-state index contributed by atoms with van der Waals surface area (Å²) in [5, 5.41) is 0. The van der Waals surface area contributed by atoms with Crippen LogP contribution in [-0.4, -0.2) is 25.2 Å². The van der Waals surface area contributed by atoms with Crippen molar-refractivity contribution in [3.05, 3.63) is 35.9 Å². The van der Waals surface area contributed by atoms with Crippen LogP contribution in [0.5, 0.6) is 0 Å². The lowest BCUT2D eigenvalue weighted by Gasteiger charge is -2.22. The number of esters is 2. The standard InChI is InChI=1S/C21H32O4/c1-20(2,3)14-24-18(22)13-17(12-16-10-8-7-9-11-16)19(23)25-15-21(4,5)6/h7-11,17H,12-15H2,1-6H3. The molecule has 0 radical (unpaired) electrons. The smallest absolute Gasteiger partial charge is 0.309 e. The fraction of sp³-hybridized carbons (Fsp3) is 0.619. The van der Waals surface area contributed by atoms with Crippen LogP contribution < -0.4 is 0 Å². The molecule has 1 rings (SSSR count). The maximum absolute atomic E-state index is 12.5. The van der Waals surface area contributed by atoms with Gasteiger partial charge in [0.15, 0.2) is 0 Å². The molecule has 4 nitrogen and oxygen atoms in total. The van der Waals surface area contributed by atoms with Gasteiger partial charge in [0.2, 0.25) is 0 Å². The Kier molecular flexibility index (Phi) is 7.65. The van der Waals surface area contributed by atoms with Crippen LogP contribution in [0.3, 0.4) is 0 Å². The van der Waals surface area contributed by atoms with E-state index in [0.717, 1.165) is 5.56 Å². The average Bonchev–Trinajstić information content (AvgIpc) is 2.49. The van der Waals surface area contributed by atoms with Crippen LogP contribution in [-0.2, 0) is 25.5 Å². The summed E-state index contributed by atoms with van der Waals surface area (Å²) in [4.78, 5) is 24.7. The van der Waals surface area contributed by atoms with Crippen LogP contribution in [0.2, 0.25) is 0 Å². The van der Waals surface area contributed by atoms with Gasteiger partial charge in [-0.3, -0.25) is 9.59 Å². The van der Waals surface area contributed by atoms with E-state index in [-0.39, 0.29) is 29.2 Å². The molecule has 25 heavy (non-hydrogen) atoms. The van der Waals surface area contributed by atoms with Crippen LogP contribution in [0.4, 0.5) is 0 Å². The van der Waals surface area contributed by atoms with Gasteiger partial charge in [0.25, 0.3) is 0 Å². The fourth-order valence-electron chi connectivity index (χ4n) is 2.10. The number of carbonyl (C=O) groups is 2. The molecule has 0 aliphatic heterocycles. The summed E-state index contributed by atoms with van der Waals surface area (Å²) in [6.45, 7) is 12.7. The first-order chi connectivity index (χ1) is 11.5. The van der Waals surface area contributed by atoms with Gasteiger partial charge in [-0.05, 0) is 22.8 Å². The van der Waals surface area contributed by atoms with Gasteiger partial charge >= 0.3 is 11.9 Å². The van der Waals surface area contributed by atoms with Crippen molar-refractivity contribution < 1.29 is 19.1 Å². The third-order valence-corrected chi connectivity index (χ3v) is 3.38. The van der Waals surface area contributed by atoms with Crippen molar-refractivity contribution in [2.24, 2.45) is 16.7 Å². The average molecular weight is 348 g/mol. The van der Waals surface area contributed by atoms with Crippen LogP contribution in [0.25, 0.3) is 0 Å². The minimum Gasteiger partial charge on any atom is -0.465 e. The number of ether oxygens (including phenoxy) is 2. The highest BCUT2D eigenvalue weighted by atomic mass is 16.5. The van der Waals surface area contributed by atoms with Gasteiger partial charge in [0.1, 0.15) is 0 Å². The lowest BCUT2D eigenvalue weighted by molar-refractivity contribution is -0.158. The van der Waals surface area contributed by atoms with Crippen molar-refractivity contribution in [3.63, 3.8) is 0 Å². The van der Waals surface area contributed by atoms with Crippen LogP contribution >= 0.6 is 0 Å². The van der Waals surface area contributed by atoms with E-state index in [2.05, 4.69) is 0 Å². The number of rotatable bonds is 7. The Labute approximate surface area is 151 Å². The van der Waals surface area contributed by atoms with E-state index in [4.69, 9.17) is 9.47 Å². The lowest BCUT2D eigenvalue weighted by atomic mass is 9.95. The highest BCUT2D eigenvalue weighted by molar-refractivity contribution is 5.80. The van der Waals surface area contributed by atoms with Gasteiger partial charge in [0.05, 0.1) is 25.6 Å². The minimum atomic E-state index is -0.530. The number of hydrogen-bond donors (Lipinski definition) is 0. The Morgan fingerprint density at radius 3 is 1.92 bits per heavy atom. The summed E-state index contributed by atoms with van der Waals surface area (Å²) < 4.78 is 10.8. The summed E-state index contributed by atoms with van der Waals surface area (Å²) in [6.07, 6.45) is 0.502. The molecule has 0 aliphatic rings. The normalized spacial score (nSPS) is 13.2. The van der Waals surface area contributed by atoms with E-state index in [1.54, 1.807) is 0 Å². The molecule has 0 bridgehead atoms. The van der Waals surface area contributed by atoms with E-state index >= 15 is 0 Å². The molecule has 4 heteroatoms. The molecular formula is C21H32O4. The van der Waals surface area contributed by atoms with Gasteiger partial charge in [0, 0.05) is 0 Å². The van der Waals surface area contributed by atoms with Crippen molar-refractivity contribution >= 4 is 11.9 Å². The van der Waals surface area contributed by atoms with E-state index in [0.29, 0.717) is 19.6 Å². The highest BCUT2D eigenvalue weighted by Gasteiger charge is 2.27. The van der Waals surface area contributed by atoms with Crippen molar-refractivity contribution in [1.29, 1.82) is 0 Å². The van der Waals surface area contributed by atoms with Gasteiger partial charge in [-0.2, -0.15) is 0 Å². The molecule has 1 atom stereocenters. The molecule has 1 aromatic carbocycles. The maximum atomic E-state index is 12.5. The molecule has 0 aliphatic carbocycles. The molecule has 0 spiro atoms. The topological polar surface area (TPSA) is 52.6 Å². The molecule has 0 fully saturated rings. The van der Waals surface area contributed by atoms with E-state index in [9.17, 15) is 9.59 Å². The minimum absolute atomic E-state index is 0.0357.